The van der Waals surface area contributed by atoms with Crippen LogP contribution in [-0.4, -0.2) is 22.4 Å². The van der Waals surface area contributed by atoms with Crippen LogP contribution in [0.2, 0.25) is 0 Å². The van der Waals surface area contributed by atoms with Gasteiger partial charge < -0.3 is 20.6 Å². The van der Waals surface area contributed by atoms with Gasteiger partial charge in [-0.2, -0.15) is 0 Å². The van der Waals surface area contributed by atoms with Crippen molar-refractivity contribution in [2.75, 3.05) is 11.9 Å². The minimum absolute atomic E-state index is 0.228. The summed E-state index contributed by atoms with van der Waals surface area (Å²) >= 11 is 0. The Morgan fingerprint density at radius 2 is 2.21 bits per heavy atom. The number of amides is 1. The van der Waals surface area contributed by atoms with E-state index in [9.17, 15) is 9.59 Å². The number of fused-ring (bicyclic) bond motifs is 1. The molecule has 0 aliphatic carbocycles. The Kier molecular flexibility index (Phi) is 2.92. The zero-order valence-corrected chi connectivity index (χ0v) is 10.2. The predicted molar refractivity (Wildman–Crippen MR) is 71.2 cm³/mol. The van der Waals surface area contributed by atoms with Crippen LogP contribution in [0.1, 0.15) is 21.6 Å². The van der Waals surface area contributed by atoms with Gasteiger partial charge in [0.25, 0.3) is 5.91 Å². The molecule has 0 fully saturated rings. The van der Waals surface area contributed by atoms with Gasteiger partial charge in [-0.05, 0) is 30.2 Å². The number of hydrogen-bond donors (Lipinski definition) is 4. The van der Waals surface area contributed by atoms with Crippen LogP contribution in [0.5, 0.6) is 0 Å². The molecule has 1 aromatic carbocycles. The van der Waals surface area contributed by atoms with Gasteiger partial charge in [0.15, 0.2) is 0 Å². The number of carbonyl (C=O) groups is 1. The Balaban J connectivity index is 1.87. The Labute approximate surface area is 109 Å². The van der Waals surface area contributed by atoms with Gasteiger partial charge in [-0.25, -0.2) is 4.79 Å². The first-order chi connectivity index (χ1) is 9.24. The molecule has 19 heavy (non-hydrogen) atoms. The highest BCUT2D eigenvalue weighted by molar-refractivity contribution is 6.03. The van der Waals surface area contributed by atoms with Crippen LogP contribution in [0.15, 0.2) is 29.2 Å². The molecule has 6 nitrogen and oxygen atoms in total. The number of benzene rings is 1. The highest BCUT2D eigenvalue weighted by Gasteiger charge is 2.15. The Hall–Kier alpha value is -2.34. The van der Waals surface area contributed by atoms with E-state index in [0.717, 1.165) is 30.8 Å². The summed E-state index contributed by atoms with van der Waals surface area (Å²) in [6.45, 7) is 1.70. The summed E-state index contributed by atoms with van der Waals surface area (Å²) in [6.07, 6.45) is 2.32. The van der Waals surface area contributed by atoms with Gasteiger partial charge in [-0.15, -0.1) is 0 Å². The lowest BCUT2D eigenvalue weighted by molar-refractivity contribution is 0.102. The lowest BCUT2D eigenvalue weighted by Crippen LogP contribution is -2.25. The van der Waals surface area contributed by atoms with Gasteiger partial charge in [0.05, 0.1) is 0 Å². The maximum atomic E-state index is 12.0. The van der Waals surface area contributed by atoms with E-state index in [1.54, 1.807) is 0 Å². The van der Waals surface area contributed by atoms with E-state index in [4.69, 9.17) is 0 Å². The van der Waals surface area contributed by atoms with Crippen molar-refractivity contribution in [2.45, 2.75) is 13.0 Å². The number of anilines is 1. The summed E-state index contributed by atoms with van der Waals surface area (Å²) in [6, 6.07) is 5.87. The number of imidazole rings is 1. The third-order valence-corrected chi connectivity index (χ3v) is 3.23. The number of nitrogens with one attached hydrogen (secondary N) is 4. The standard InChI is InChI=1S/C13H14N4O2/c18-12(11-7-15-13(19)17-11)16-10-3-1-2-8-4-5-14-6-9(8)10/h1-3,7,14H,4-6H2,(H,16,18)(H2,15,17,19). The monoisotopic (exact) mass is 258 g/mol. The fourth-order valence-corrected chi connectivity index (χ4v) is 2.28. The molecule has 0 saturated heterocycles. The first-order valence-electron chi connectivity index (χ1n) is 6.14. The van der Waals surface area contributed by atoms with E-state index < -0.39 is 0 Å². The number of hydrogen-bond acceptors (Lipinski definition) is 3. The van der Waals surface area contributed by atoms with Gasteiger partial charge in [0.2, 0.25) is 0 Å². The maximum absolute atomic E-state index is 12.0. The molecule has 0 bridgehead atoms. The second-order valence-electron chi connectivity index (χ2n) is 4.48. The number of aromatic amines is 2. The number of carbonyl (C=O) groups excluding carboxylic acids is 1. The second-order valence-corrected chi connectivity index (χ2v) is 4.48. The molecule has 0 spiro atoms. The molecule has 0 unspecified atom stereocenters. The first kappa shape index (κ1) is 11.7. The number of aromatic nitrogens is 2. The van der Waals surface area contributed by atoms with Crippen LogP contribution in [-0.2, 0) is 13.0 Å². The molecule has 4 N–H and O–H groups in total. The summed E-state index contributed by atoms with van der Waals surface area (Å²) < 4.78 is 0. The summed E-state index contributed by atoms with van der Waals surface area (Å²) in [4.78, 5) is 27.8. The smallest absolute Gasteiger partial charge is 0.320 e. The highest BCUT2D eigenvalue weighted by Crippen LogP contribution is 2.23. The van der Waals surface area contributed by atoms with E-state index >= 15 is 0 Å². The zero-order valence-electron chi connectivity index (χ0n) is 10.2. The van der Waals surface area contributed by atoms with Crippen molar-refractivity contribution >= 4 is 11.6 Å². The SMILES string of the molecule is O=C(Nc1cccc2c1CNCC2)c1c[nH]c(=O)[nH]1. The zero-order chi connectivity index (χ0) is 13.2. The largest absolute Gasteiger partial charge is 0.323 e. The molecule has 6 heteroatoms. The maximum Gasteiger partial charge on any atom is 0.323 e. The Morgan fingerprint density at radius 1 is 1.32 bits per heavy atom. The minimum atomic E-state index is -0.387. The molecular formula is C13H14N4O2. The molecule has 3 rings (SSSR count). The van der Waals surface area contributed by atoms with E-state index in [-0.39, 0.29) is 17.3 Å². The van der Waals surface area contributed by atoms with Crippen LogP contribution < -0.4 is 16.3 Å². The highest BCUT2D eigenvalue weighted by atomic mass is 16.2. The summed E-state index contributed by atoms with van der Waals surface area (Å²) in [5.74, 6) is -0.322. The molecule has 1 aliphatic heterocycles. The van der Waals surface area contributed by atoms with Gasteiger partial charge >= 0.3 is 5.69 Å². The van der Waals surface area contributed by atoms with E-state index in [2.05, 4.69) is 26.7 Å². The average molecular weight is 258 g/mol. The lowest BCUT2D eigenvalue weighted by Gasteiger charge is -2.20. The third kappa shape index (κ3) is 2.30. The Morgan fingerprint density at radius 3 is 3.00 bits per heavy atom. The van der Waals surface area contributed by atoms with Crippen LogP contribution in [0, 0.1) is 0 Å². The second kappa shape index (κ2) is 4.74. The van der Waals surface area contributed by atoms with Crippen LogP contribution >= 0.6 is 0 Å². The molecule has 2 aromatic rings. The average Bonchev–Trinajstić information content (AvgIpc) is 2.86. The fourth-order valence-electron chi connectivity index (χ4n) is 2.28. The van der Waals surface area contributed by atoms with Crippen LogP contribution in [0.4, 0.5) is 5.69 Å². The topological polar surface area (TPSA) is 89.8 Å². The molecule has 2 heterocycles. The van der Waals surface area contributed by atoms with Crippen LogP contribution in [0.25, 0.3) is 0 Å². The summed E-state index contributed by atoms with van der Waals surface area (Å²) in [5, 5.41) is 6.11. The van der Waals surface area contributed by atoms with Crippen molar-refractivity contribution in [3.05, 3.63) is 51.7 Å². The van der Waals surface area contributed by atoms with Gasteiger partial charge in [0, 0.05) is 18.4 Å². The molecule has 1 aromatic heterocycles. The third-order valence-electron chi connectivity index (χ3n) is 3.23. The fraction of sp³-hybridized carbons (Fsp3) is 0.231. The quantitative estimate of drug-likeness (QED) is 0.636. The molecule has 0 saturated carbocycles. The van der Waals surface area contributed by atoms with E-state index in [1.165, 1.54) is 11.8 Å². The van der Waals surface area contributed by atoms with Gasteiger partial charge in [-0.3, -0.25) is 4.79 Å². The molecule has 98 valence electrons. The van der Waals surface area contributed by atoms with Crippen LogP contribution in [0.3, 0.4) is 0 Å². The van der Waals surface area contributed by atoms with E-state index in [0.29, 0.717) is 0 Å². The van der Waals surface area contributed by atoms with Gasteiger partial charge in [0.1, 0.15) is 5.69 Å². The van der Waals surface area contributed by atoms with E-state index in [1.807, 2.05) is 12.1 Å². The minimum Gasteiger partial charge on any atom is -0.320 e. The number of H-pyrrole nitrogens is 2. The molecule has 0 atom stereocenters. The van der Waals surface area contributed by atoms with Crippen molar-refractivity contribution in [2.24, 2.45) is 0 Å². The van der Waals surface area contributed by atoms with Crippen molar-refractivity contribution < 1.29 is 4.79 Å². The van der Waals surface area contributed by atoms with Gasteiger partial charge in [-0.1, -0.05) is 12.1 Å². The van der Waals surface area contributed by atoms with Crippen molar-refractivity contribution in [3.63, 3.8) is 0 Å². The summed E-state index contributed by atoms with van der Waals surface area (Å²) in [7, 11) is 0. The van der Waals surface area contributed by atoms with Crippen molar-refractivity contribution in [1.82, 2.24) is 15.3 Å². The van der Waals surface area contributed by atoms with Crippen molar-refractivity contribution in [3.8, 4) is 0 Å². The predicted octanol–water partition coefficient (Wildman–Crippen LogP) is 0.601. The first-order valence-corrected chi connectivity index (χ1v) is 6.14. The molecule has 1 aliphatic rings. The molecular weight excluding hydrogens is 244 g/mol. The molecule has 0 radical (unpaired) electrons. The number of rotatable bonds is 2. The summed E-state index contributed by atoms with van der Waals surface area (Å²) in [5.41, 5.74) is 2.99. The lowest BCUT2D eigenvalue weighted by atomic mass is 9.99. The Bertz CT molecular complexity index is 671. The molecule has 1 amide bonds. The van der Waals surface area contributed by atoms with Crippen molar-refractivity contribution in [1.29, 1.82) is 0 Å². The normalized spacial score (nSPS) is 13.9.